The van der Waals surface area contributed by atoms with Crippen molar-refractivity contribution in [2.45, 2.75) is 0 Å². The van der Waals surface area contributed by atoms with Crippen LogP contribution in [0.15, 0.2) is 0 Å². The zero-order valence-corrected chi connectivity index (χ0v) is 8.19. The van der Waals surface area contributed by atoms with E-state index in [0.717, 1.165) is 0 Å². The van der Waals surface area contributed by atoms with Crippen molar-refractivity contribution in [3.05, 3.63) is 0 Å². The summed E-state index contributed by atoms with van der Waals surface area (Å²) in [6, 6.07) is 0. The fourth-order valence-corrected chi connectivity index (χ4v) is 0. The van der Waals surface area contributed by atoms with Crippen LogP contribution < -0.4 is 0 Å². The molecular formula is H2Cl2TiZn. The summed E-state index contributed by atoms with van der Waals surface area (Å²) in [5.41, 5.74) is 0. The molecule has 0 aromatic carbocycles. The zero-order valence-electron chi connectivity index (χ0n) is 2.02. The molecular weight excluding hydrogens is 184 g/mol. The quantitative estimate of drug-likeness (QED) is 0.492. The van der Waals surface area contributed by atoms with E-state index in [9.17, 15) is 0 Å². The maximum Gasteiger partial charge on any atom is 0 e. The van der Waals surface area contributed by atoms with Gasteiger partial charge < -0.3 is 0 Å². The van der Waals surface area contributed by atoms with Crippen molar-refractivity contribution in [2.75, 3.05) is 0 Å². The van der Waals surface area contributed by atoms with Gasteiger partial charge in [0, 0.05) is 41.2 Å². The maximum absolute atomic E-state index is 0. The zero-order chi connectivity index (χ0) is 0. The van der Waals surface area contributed by atoms with E-state index in [0.29, 0.717) is 0 Å². The third-order valence-corrected chi connectivity index (χ3v) is 0. The van der Waals surface area contributed by atoms with Crippen LogP contribution in [-0.4, -0.2) is 0 Å². The minimum Gasteiger partial charge on any atom is -0.147 e. The second-order valence-electron chi connectivity index (χ2n) is 0. The van der Waals surface area contributed by atoms with Crippen LogP contribution in [0.1, 0.15) is 0 Å². The summed E-state index contributed by atoms with van der Waals surface area (Å²) in [7, 11) is 0. The van der Waals surface area contributed by atoms with Crippen LogP contribution in [0.2, 0.25) is 0 Å². The Kier molecular flexibility index (Phi) is 200. The Hall–Kier alpha value is 1.92. The molecule has 0 aromatic rings. The summed E-state index contributed by atoms with van der Waals surface area (Å²) in [6.07, 6.45) is 0. The van der Waals surface area contributed by atoms with Crippen molar-refractivity contribution in [3.63, 3.8) is 0 Å². The molecule has 0 aliphatic heterocycles. The maximum atomic E-state index is 0. The molecule has 0 amide bonds. The van der Waals surface area contributed by atoms with E-state index >= 15 is 0 Å². The second kappa shape index (κ2) is 20.5. The van der Waals surface area contributed by atoms with Gasteiger partial charge in [-0.15, -0.1) is 24.8 Å². The third-order valence-electron chi connectivity index (χ3n) is 0. The Bertz CT molecular complexity index is 6.00. The Morgan fingerprint density at radius 3 is 0.750 bits per heavy atom. The normalized spacial score (nSPS) is 0. The molecule has 4 heavy (non-hydrogen) atoms. The Morgan fingerprint density at radius 2 is 0.750 bits per heavy atom. The topological polar surface area (TPSA) is 0 Å². The molecule has 0 atom stereocenters. The van der Waals surface area contributed by atoms with Crippen LogP contribution in [0, 0.1) is 0 Å². The predicted molar refractivity (Wildman–Crippen MR) is 14.5 cm³/mol. The molecule has 0 aliphatic carbocycles. The summed E-state index contributed by atoms with van der Waals surface area (Å²) in [4.78, 5) is 0. The van der Waals surface area contributed by atoms with Crippen molar-refractivity contribution in [3.8, 4) is 0 Å². The van der Waals surface area contributed by atoms with Gasteiger partial charge in [0.15, 0.2) is 0 Å². The first-order chi connectivity index (χ1) is 0. The predicted octanol–water partition coefficient (Wildman–Crippen LogP) is 0.839. The van der Waals surface area contributed by atoms with Gasteiger partial charge in [-0.3, -0.25) is 0 Å². The molecule has 4 heteroatoms. The molecule has 0 fully saturated rings. The van der Waals surface area contributed by atoms with Crippen LogP contribution in [0.25, 0.3) is 0 Å². The van der Waals surface area contributed by atoms with Crippen LogP contribution >= 0.6 is 24.8 Å². The molecule has 0 N–H and O–H groups in total. The standard InChI is InChI=1S/2ClH.Ti.Zn/h2*1H;;. The molecule has 0 rings (SSSR count). The number of hydrogen-bond acceptors (Lipinski definition) is 0. The molecule has 0 aliphatic rings. The molecule has 0 saturated heterocycles. The van der Waals surface area contributed by atoms with Gasteiger partial charge in [0.2, 0.25) is 0 Å². The third kappa shape index (κ3) is 9.07. The van der Waals surface area contributed by atoms with E-state index in [1.165, 1.54) is 0 Å². The van der Waals surface area contributed by atoms with E-state index in [-0.39, 0.29) is 66.0 Å². The number of hydrogen-bond donors (Lipinski definition) is 0. The average molecular weight is 186 g/mol. The Balaban J connectivity index is 0. The molecule has 22 valence electrons. The van der Waals surface area contributed by atoms with Gasteiger partial charge in [0.1, 0.15) is 0 Å². The molecule has 0 nitrogen and oxygen atoms in total. The number of rotatable bonds is 0. The largest absolute Gasteiger partial charge is 0.147 e. The van der Waals surface area contributed by atoms with Gasteiger partial charge in [0.05, 0.1) is 0 Å². The summed E-state index contributed by atoms with van der Waals surface area (Å²) in [5.74, 6) is 0. The average Bonchev–Trinajstić information content (AvgIpc) is 0. The van der Waals surface area contributed by atoms with Crippen LogP contribution in [0.5, 0.6) is 0 Å². The summed E-state index contributed by atoms with van der Waals surface area (Å²) < 4.78 is 0. The molecule has 0 bridgehead atoms. The fraction of sp³-hybridized carbons (Fsp3) is 0. The second-order valence-corrected chi connectivity index (χ2v) is 0. The molecule has 0 radical (unpaired) electrons. The first-order valence-electron chi connectivity index (χ1n) is 0. The smallest absolute Gasteiger partial charge is 0 e. The van der Waals surface area contributed by atoms with E-state index in [1.54, 1.807) is 0 Å². The molecule has 0 heterocycles. The fourth-order valence-electron chi connectivity index (χ4n) is 0. The van der Waals surface area contributed by atoms with Crippen molar-refractivity contribution in [1.82, 2.24) is 0 Å². The van der Waals surface area contributed by atoms with E-state index in [2.05, 4.69) is 0 Å². The van der Waals surface area contributed by atoms with Gasteiger partial charge in [0.25, 0.3) is 0 Å². The molecule has 0 spiro atoms. The first kappa shape index (κ1) is 38.9. The van der Waals surface area contributed by atoms with E-state index in [4.69, 9.17) is 0 Å². The van der Waals surface area contributed by atoms with E-state index < -0.39 is 0 Å². The van der Waals surface area contributed by atoms with Crippen molar-refractivity contribution in [1.29, 1.82) is 0 Å². The minimum absolute atomic E-state index is 0. The minimum atomic E-state index is 0. The SMILES string of the molecule is Cl.Cl.[Ti].[Zn]. The van der Waals surface area contributed by atoms with Crippen molar-refractivity contribution in [2.24, 2.45) is 0 Å². The van der Waals surface area contributed by atoms with Gasteiger partial charge in [-0.2, -0.15) is 0 Å². The van der Waals surface area contributed by atoms with Crippen molar-refractivity contribution >= 4 is 24.8 Å². The summed E-state index contributed by atoms with van der Waals surface area (Å²) in [5, 5.41) is 0. The van der Waals surface area contributed by atoms with Gasteiger partial charge in [-0.1, -0.05) is 0 Å². The van der Waals surface area contributed by atoms with Gasteiger partial charge >= 0.3 is 0 Å². The number of halogens is 2. The van der Waals surface area contributed by atoms with Gasteiger partial charge in [-0.05, 0) is 0 Å². The van der Waals surface area contributed by atoms with Crippen LogP contribution in [-0.2, 0) is 41.2 Å². The molecule has 0 saturated carbocycles. The summed E-state index contributed by atoms with van der Waals surface area (Å²) >= 11 is 0. The van der Waals surface area contributed by atoms with Crippen LogP contribution in [0.4, 0.5) is 0 Å². The van der Waals surface area contributed by atoms with Crippen LogP contribution in [0.3, 0.4) is 0 Å². The van der Waals surface area contributed by atoms with Gasteiger partial charge in [-0.25, -0.2) is 0 Å². The van der Waals surface area contributed by atoms with Crippen molar-refractivity contribution < 1.29 is 41.2 Å². The monoisotopic (exact) mass is 184 g/mol. The molecule has 0 aromatic heterocycles. The Labute approximate surface area is 65.6 Å². The Morgan fingerprint density at radius 1 is 0.750 bits per heavy atom. The molecule has 0 unspecified atom stereocenters. The van der Waals surface area contributed by atoms with E-state index in [1.807, 2.05) is 0 Å². The first-order valence-corrected chi connectivity index (χ1v) is 0. The summed E-state index contributed by atoms with van der Waals surface area (Å²) in [6.45, 7) is 0.